The molecule has 5 nitrogen and oxygen atoms in total. The Balaban J connectivity index is 1.81. The third-order valence-corrected chi connectivity index (χ3v) is 5.79. The maximum absolute atomic E-state index is 13.5. The van der Waals surface area contributed by atoms with E-state index < -0.39 is 6.04 Å². The Morgan fingerprint density at radius 1 is 0.912 bits per heavy atom. The fourth-order valence-electron chi connectivity index (χ4n) is 3.55. The number of carbonyl (C=O) groups is 2. The lowest BCUT2D eigenvalue weighted by Gasteiger charge is -2.27. The van der Waals surface area contributed by atoms with E-state index in [0.717, 1.165) is 11.1 Å². The lowest BCUT2D eigenvalue weighted by Crippen LogP contribution is -2.39. The van der Waals surface area contributed by atoms with Gasteiger partial charge in [-0.15, -0.1) is 0 Å². The zero-order valence-corrected chi connectivity index (χ0v) is 20.1. The summed E-state index contributed by atoms with van der Waals surface area (Å²) < 4.78 is 13.3. The summed E-state index contributed by atoms with van der Waals surface area (Å²) in [6, 6.07) is 21.8. The molecule has 0 heterocycles. The zero-order valence-electron chi connectivity index (χ0n) is 19.4. The van der Waals surface area contributed by atoms with Gasteiger partial charge in [0.15, 0.2) is 0 Å². The molecule has 0 saturated carbocycles. The van der Waals surface area contributed by atoms with E-state index in [1.807, 2.05) is 49.3 Å². The van der Waals surface area contributed by atoms with Gasteiger partial charge in [-0.1, -0.05) is 66.2 Å². The fourth-order valence-corrected chi connectivity index (χ4v) is 3.77. The predicted molar refractivity (Wildman–Crippen MR) is 133 cm³/mol. The summed E-state index contributed by atoms with van der Waals surface area (Å²) in [6.45, 7) is 1.53. The van der Waals surface area contributed by atoms with Gasteiger partial charge in [0.05, 0.1) is 23.0 Å². The molecule has 7 heteroatoms. The number of benzene rings is 3. The van der Waals surface area contributed by atoms with Crippen LogP contribution in [-0.4, -0.2) is 48.8 Å². The first-order valence-electron chi connectivity index (χ1n) is 11.1. The Bertz CT molecular complexity index is 1090. The van der Waals surface area contributed by atoms with Crippen LogP contribution in [0.1, 0.15) is 33.9 Å². The van der Waals surface area contributed by atoms with Crippen LogP contribution in [-0.2, 0) is 11.3 Å². The second kappa shape index (κ2) is 12.3. The number of amides is 2. The molecule has 0 aliphatic carbocycles. The van der Waals surface area contributed by atoms with Crippen LogP contribution in [0.3, 0.4) is 0 Å². The van der Waals surface area contributed by atoms with Crippen molar-refractivity contribution in [1.82, 2.24) is 15.1 Å². The Hall–Kier alpha value is -3.22. The molecule has 2 amide bonds. The quantitative estimate of drug-likeness (QED) is 0.446. The number of nitrogens with zero attached hydrogens (tertiary/aromatic N) is 2. The molecule has 3 aromatic carbocycles. The third kappa shape index (κ3) is 7.40. The van der Waals surface area contributed by atoms with E-state index in [4.69, 9.17) is 11.6 Å². The minimum absolute atomic E-state index is 0.0782. The highest BCUT2D eigenvalue weighted by Gasteiger charge is 2.23. The van der Waals surface area contributed by atoms with Crippen molar-refractivity contribution in [3.8, 4) is 0 Å². The van der Waals surface area contributed by atoms with Crippen LogP contribution in [0.2, 0.25) is 5.02 Å². The van der Waals surface area contributed by atoms with Gasteiger partial charge in [-0.25, -0.2) is 4.39 Å². The fraction of sp³-hybridized carbons (Fsp3) is 0.259. The first-order valence-corrected chi connectivity index (χ1v) is 11.5. The summed E-state index contributed by atoms with van der Waals surface area (Å²) >= 11 is 6.21. The molecular weight excluding hydrogens is 453 g/mol. The van der Waals surface area contributed by atoms with Gasteiger partial charge in [0.2, 0.25) is 5.91 Å². The van der Waals surface area contributed by atoms with Gasteiger partial charge < -0.3 is 15.1 Å². The van der Waals surface area contributed by atoms with Gasteiger partial charge in [-0.2, -0.15) is 0 Å². The van der Waals surface area contributed by atoms with Crippen LogP contribution in [0.4, 0.5) is 4.39 Å². The average Bonchev–Trinajstić information content (AvgIpc) is 2.83. The van der Waals surface area contributed by atoms with Crippen LogP contribution in [0, 0.1) is 5.82 Å². The minimum Gasteiger partial charge on any atom is -0.345 e. The highest BCUT2D eigenvalue weighted by Crippen LogP contribution is 2.22. The molecule has 0 bridgehead atoms. The van der Waals surface area contributed by atoms with Gasteiger partial charge in [-0.05, 0) is 49.5 Å². The van der Waals surface area contributed by atoms with E-state index in [0.29, 0.717) is 30.2 Å². The van der Waals surface area contributed by atoms with Crippen LogP contribution in [0.25, 0.3) is 0 Å². The number of halogens is 2. The summed E-state index contributed by atoms with van der Waals surface area (Å²) in [6.07, 6.45) is 0.0782. The highest BCUT2D eigenvalue weighted by molar-refractivity contribution is 6.33. The third-order valence-electron chi connectivity index (χ3n) is 5.46. The molecular formula is C27H29ClFN3O2. The molecule has 0 spiro atoms. The largest absolute Gasteiger partial charge is 0.345 e. The number of rotatable bonds is 10. The van der Waals surface area contributed by atoms with Crippen LogP contribution >= 0.6 is 11.6 Å². The summed E-state index contributed by atoms with van der Waals surface area (Å²) in [5.74, 6) is -0.772. The van der Waals surface area contributed by atoms with E-state index in [2.05, 4.69) is 5.32 Å². The molecule has 0 aliphatic heterocycles. The van der Waals surface area contributed by atoms with E-state index in [1.165, 1.54) is 12.1 Å². The van der Waals surface area contributed by atoms with Crippen LogP contribution < -0.4 is 5.32 Å². The summed E-state index contributed by atoms with van der Waals surface area (Å²) in [4.78, 5) is 30.2. The Labute approximate surface area is 205 Å². The molecule has 3 aromatic rings. The smallest absolute Gasteiger partial charge is 0.253 e. The lowest BCUT2D eigenvalue weighted by atomic mass is 10.0. The standard InChI is InChI=1S/C27H29ClFN3O2/c1-31(2)16-17-32(19-20-12-14-22(29)15-13-20)26(33)18-25(21-8-4-3-5-9-21)30-27(34)23-10-6-7-11-24(23)28/h3-15,25H,16-19H2,1-2H3,(H,30,34). The van der Waals surface area contributed by atoms with E-state index >= 15 is 0 Å². The molecule has 1 atom stereocenters. The highest BCUT2D eigenvalue weighted by atomic mass is 35.5. The molecule has 0 saturated heterocycles. The molecule has 0 aromatic heterocycles. The van der Waals surface area contributed by atoms with Crippen molar-refractivity contribution in [2.45, 2.75) is 19.0 Å². The average molecular weight is 482 g/mol. The Morgan fingerprint density at radius 3 is 2.21 bits per heavy atom. The van der Waals surface area contributed by atoms with E-state index in [-0.39, 0.29) is 24.1 Å². The Morgan fingerprint density at radius 2 is 1.56 bits per heavy atom. The monoisotopic (exact) mass is 481 g/mol. The molecule has 0 radical (unpaired) electrons. The SMILES string of the molecule is CN(C)CCN(Cc1ccc(F)cc1)C(=O)CC(NC(=O)c1ccccc1Cl)c1ccccc1. The molecule has 1 N–H and O–H groups in total. The normalized spacial score (nSPS) is 11.8. The molecule has 178 valence electrons. The van der Waals surface area contributed by atoms with Crippen molar-refractivity contribution in [3.63, 3.8) is 0 Å². The molecule has 0 fully saturated rings. The number of hydrogen-bond acceptors (Lipinski definition) is 3. The van der Waals surface area contributed by atoms with Crippen molar-refractivity contribution in [2.24, 2.45) is 0 Å². The maximum atomic E-state index is 13.5. The predicted octanol–water partition coefficient (Wildman–Crippen LogP) is 4.93. The maximum Gasteiger partial charge on any atom is 0.253 e. The number of carbonyl (C=O) groups excluding carboxylic acids is 2. The van der Waals surface area contributed by atoms with Crippen molar-refractivity contribution >= 4 is 23.4 Å². The van der Waals surface area contributed by atoms with Crippen LogP contribution in [0.15, 0.2) is 78.9 Å². The lowest BCUT2D eigenvalue weighted by molar-refractivity contribution is -0.132. The number of nitrogens with one attached hydrogen (secondary N) is 1. The minimum atomic E-state index is -0.535. The number of likely N-dealkylation sites (N-methyl/N-ethyl adjacent to an activating group) is 1. The van der Waals surface area contributed by atoms with Crippen molar-refractivity contribution < 1.29 is 14.0 Å². The van der Waals surface area contributed by atoms with Gasteiger partial charge >= 0.3 is 0 Å². The van der Waals surface area contributed by atoms with Crippen molar-refractivity contribution in [2.75, 3.05) is 27.2 Å². The molecule has 3 rings (SSSR count). The molecule has 0 aliphatic rings. The summed E-state index contributed by atoms with van der Waals surface area (Å²) in [7, 11) is 3.88. The first kappa shape index (κ1) is 25.4. The second-order valence-corrected chi connectivity index (χ2v) is 8.77. The van der Waals surface area contributed by atoms with Crippen molar-refractivity contribution in [3.05, 3.63) is 106 Å². The van der Waals surface area contributed by atoms with E-state index in [1.54, 1.807) is 41.3 Å². The summed E-state index contributed by atoms with van der Waals surface area (Å²) in [5, 5.41) is 3.33. The molecule has 1 unspecified atom stereocenters. The van der Waals surface area contributed by atoms with Gasteiger partial charge in [0, 0.05) is 19.6 Å². The van der Waals surface area contributed by atoms with Crippen molar-refractivity contribution in [1.29, 1.82) is 0 Å². The topological polar surface area (TPSA) is 52.6 Å². The van der Waals surface area contributed by atoms with Gasteiger partial charge in [0.1, 0.15) is 5.82 Å². The van der Waals surface area contributed by atoms with Crippen LogP contribution in [0.5, 0.6) is 0 Å². The van der Waals surface area contributed by atoms with Gasteiger partial charge in [0.25, 0.3) is 5.91 Å². The van der Waals surface area contributed by atoms with Gasteiger partial charge in [-0.3, -0.25) is 9.59 Å². The van der Waals surface area contributed by atoms with E-state index in [9.17, 15) is 14.0 Å². The first-order chi connectivity index (χ1) is 16.3. The zero-order chi connectivity index (χ0) is 24.5. The molecule has 34 heavy (non-hydrogen) atoms. The summed E-state index contributed by atoms with van der Waals surface area (Å²) in [5.41, 5.74) is 2.02. The second-order valence-electron chi connectivity index (χ2n) is 8.37. The Kier molecular flexibility index (Phi) is 9.19. The number of hydrogen-bond donors (Lipinski definition) is 1.